The Kier molecular flexibility index (Phi) is 6.82. The van der Waals surface area contributed by atoms with Crippen molar-refractivity contribution in [3.8, 4) is 17.2 Å². The molecule has 3 rings (SSSR count). The predicted octanol–water partition coefficient (Wildman–Crippen LogP) is 3.35. The summed E-state index contributed by atoms with van der Waals surface area (Å²) in [5.41, 5.74) is 1.85. The molecule has 29 heavy (non-hydrogen) atoms. The molecule has 0 radical (unpaired) electrons. The Balaban J connectivity index is 1.48. The Hall–Kier alpha value is -2.93. The maximum absolute atomic E-state index is 12.4. The topological polar surface area (TPSA) is 74.3 Å². The fraction of sp³-hybridized carbons (Fsp3) is 0.333. The van der Waals surface area contributed by atoms with Crippen molar-refractivity contribution in [1.29, 1.82) is 0 Å². The first-order valence-electron chi connectivity index (χ1n) is 9.17. The molecule has 0 spiro atoms. The number of amides is 1. The second-order valence-corrected chi connectivity index (χ2v) is 6.89. The van der Waals surface area contributed by atoms with Crippen molar-refractivity contribution >= 4 is 23.5 Å². The van der Waals surface area contributed by atoms with Crippen LogP contribution >= 0.6 is 11.6 Å². The number of hydrogen-bond donors (Lipinski definition) is 0. The summed E-state index contributed by atoms with van der Waals surface area (Å²) in [5, 5.41) is 0.403. The number of halogens is 1. The third kappa shape index (κ3) is 5.54. The van der Waals surface area contributed by atoms with Gasteiger partial charge in [0.15, 0.2) is 24.7 Å². The van der Waals surface area contributed by atoms with E-state index in [2.05, 4.69) is 0 Å². The molecule has 1 aliphatic rings. The number of nitrogens with zero attached hydrogens (tertiary/aromatic N) is 1. The summed E-state index contributed by atoms with van der Waals surface area (Å²) in [6.07, 6.45) is 0. The van der Waals surface area contributed by atoms with Gasteiger partial charge in [0, 0.05) is 13.1 Å². The number of benzene rings is 2. The Labute approximate surface area is 174 Å². The Morgan fingerprint density at radius 1 is 1.10 bits per heavy atom. The number of carbonyl (C=O) groups excluding carboxylic acids is 2. The van der Waals surface area contributed by atoms with Crippen LogP contribution in [0.3, 0.4) is 0 Å². The molecule has 0 saturated carbocycles. The van der Waals surface area contributed by atoms with Crippen LogP contribution in [0.1, 0.15) is 18.1 Å². The molecule has 8 heteroatoms. The van der Waals surface area contributed by atoms with Gasteiger partial charge >= 0.3 is 5.97 Å². The molecule has 0 N–H and O–H groups in total. The van der Waals surface area contributed by atoms with Crippen molar-refractivity contribution in [2.45, 2.75) is 20.4 Å². The smallest absolute Gasteiger partial charge is 0.344 e. The van der Waals surface area contributed by atoms with Crippen LogP contribution in [0.2, 0.25) is 5.02 Å². The molecule has 0 bridgehead atoms. The van der Waals surface area contributed by atoms with E-state index in [1.54, 1.807) is 17.0 Å². The van der Waals surface area contributed by atoms with Crippen LogP contribution in [0.25, 0.3) is 0 Å². The van der Waals surface area contributed by atoms with Crippen LogP contribution in [-0.2, 0) is 20.9 Å². The summed E-state index contributed by atoms with van der Waals surface area (Å²) in [6.45, 7) is 4.10. The highest BCUT2D eigenvalue weighted by atomic mass is 35.5. The van der Waals surface area contributed by atoms with E-state index in [9.17, 15) is 9.59 Å². The molecule has 0 saturated heterocycles. The predicted molar refractivity (Wildman–Crippen MR) is 106 cm³/mol. The first-order chi connectivity index (χ1) is 14.0. The molecule has 1 heterocycles. The fourth-order valence-electron chi connectivity index (χ4n) is 2.77. The molecule has 1 amide bonds. The van der Waals surface area contributed by atoms with Crippen LogP contribution in [0, 0.1) is 6.92 Å². The van der Waals surface area contributed by atoms with E-state index in [1.807, 2.05) is 38.1 Å². The summed E-state index contributed by atoms with van der Waals surface area (Å²) >= 11 is 6.03. The van der Waals surface area contributed by atoms with Crippen LogP contribution in [0.15, 0.2) is 36.4 Å². The quantitative estimate of drug-likeness (QED) is 0.611. The van der Waals surface area contributed by atoms with Gasteiger partial charge in [0.2, 0.25) is 6.79 Å². The molecule has 0 aliphatic carbocycles. The third-order valence-electron chi connectivity index (χ3n) is 4.33. The van der Waals surface area contributed by atoms with Gasteiger partial charge in [0.25, 0.3) is 5.91 Å². The Bertz CT molecular complexity index is 901. The highest BCUT2D eigenvalue weighted by molar-refractivity contribution is 6.32. The zero-order chi connectivity index (χ0) is 20.8. The summed E-state index contributed by atoms with van der Waals surface area (Å²) < 4.78 is 21.1. The lowest BCUT2D eigenvalue weighted by Gasteiger charge is -2.21. The SMILES string of the molecule is CCN(Cc1ccc2c(c1)OCO2)C(=O)COC(=O)COc1cc(C)ccc1Cl. The number of aryl methyl sites for hydroxylation is 1. The van der Waals surface area contributed by atoms with Crippen LogP contribution in [0.5, 0.6) is 17.2 Å². The van der Waals surface area contributed by atoms with Gasteiger partial charge in [-0.25, -0.2) is 4.79 Å². The standard InChI is InChI=1S/C21H22ClNO6/c1-3-23(10-15-5-7-17-19(9-15)29-13-28-17)20(24)11-27-21(25)12-26-18-8-14(2)4-6-16(18)22/h4-9H,3,10-13H2,1-2H3. The van der Waals surface area contributed by atoms with Crippen LogP contribution in [-0.4, -0.2) is 43.3 Å². The molecular formula is C21H22ClNO6. The molecule has 0 aromatic heterocycles. The average Bonchev–Trinajstić information content (AvgIpc) is 3.18. The maximum Gasteiger partial charge on any atom is 0.344 e. The molecule has 2 aromatic rings. The normalized spacial score (nSPS) is 11.8. The van der Waals surface area contributed by atoms with Crippen molar-refractivity contribution in [3.63, 3.8) is 0 Å². The molecule has 2 aromatic carbocycles. The molecule has 0 atom stereocenters. The number of fused-ring (bicyclic) bond motifs is 1. The second kappa shape index (κ2) is 9.52. The second-order valence-electron chi connectivity index (χ2n) is 6.48. The van der Waals surface area contributed by atoms with Gasteiger partial charge in [-0.3, -0.25) is 4.79 Å². The first-order valence-corrected chi connectivity index (χ1v) is 9.55. The largest absolute Gasteiger partial charge is 0.480 e. The summed E-state index contributed by atoms with van der Waals surface area (Å²) in [4.78, 5) is 25.9. The maximum atomic E-state index is 12.4. The zero-order valence-corrected chi connectivity index (χ0v) is 17.0. The minimum absolute atomic E-state index is 0.195. The fourth-order valence-corrected chi connectivity index (χ4v) is 2.94. The van der Waals surface area contributed by atoms with Gasteiger partial charge in [-0.15, -0.1) is 0 Å². The minimum atomic E-state index is -0.643. The molecule has 7 nitrogen and oxygen atoms in total. The van der Waals surface area contributed by atoms with Crippen molar-refractivity contribution < 1.29 is 28.5 Å². The zero-order valence-electron chi connectivity index (χ0n) is 16.3. The van der Waals surface area contributed by atoms with E-state index >= 15 is 0 Å². The number of rotatable bonds is 8. The Morgan fingerprint density at radius 2 is 1.90 bits per heavy atom. The molecular weight excluding hydrogens is 398 g/mol. The molecule has 1 aliphatic heterocycles. The van der Waals surface area contributed by atoms with Gasteiger partial charge in [-0.2, -0.15) is 0 Å². The van der Waals surface area contributed by atoms with Crippen molar-refractivity contribution in [2.24, 2.45) is 0 Å². The summed E-state index contributed by atoms with van der Waals surface area (Å²) in [6, 6.07) is 10.8. The number of carbonyl (C=O) groups is 2. The highest BCUT2D eigenvalue weighted by Gasteiger charge is 2.18. The van der Waals surface area contributed by atoms with Crippen molar-refractivity contribution in [3.05, 3.63) is 52.5 Å². The number of ether oxygens (including phenoxy) is 4. The Morgan fingerprint density at radius 3 is 2.69 bits per heavy atom. The van der Waals surface area contributed by atoms with E-state index in [1.165, 1.54) is 0 Å². The number of likely N-dealkylation sites (N-methyl/N-ethyl adjacent to an activating group) is 1. The lowest BCUT2D eigenvalue weighted by molar-refractivity contribution is -0.153. The van der Waals surface area contributed by atoms with E-state index < -0.39 is 5.97 Å². The number of hydrogen-bond acceptors (Lipinski definition) is 6. The van der Waals surface area contributed by atoms with Gasteiger partial charge in [0.05, 0.1) is 5.02 Å². The monoisotopic (exact) mass is 419 g/mol. The van der Waals surface area contributed by atoms with Gasteiger partial charge in [-0.1, -0.05) is 23.7 Å². The number of esters is 1. The van der Waals surface area contributed by atoms with Gasteiger partial charge in [0.1, 0.15) is 5.75 Å². The average molecular weight is 420 g/mol. The molecule has 154 valence electrons. The molecule has 0 unspecified atom stereocenters. The summed E-state index contributed by atoms with van der Waals surface area (Å²) in [5.74, 6) is 0.797. The van der Waals surface area contributed by atoms with Crippen molar-refractivity contribution in [1.82, 2.24) is 4.90 Å². The van der Waals surface area contributed by atoms with Crippen molar-refractivity contribution in [2.75, 3.05) is 26.6 Å². The van der Waals surface area contributed by atoms with E-state index in [-0.39, 0.29) is 25.9 Å². The molecule has 0 fully saturated rings. The minimum Gasteiger partial charge on any atom is -0.480 e. The van der Waals surface area contributed by atoms with Gasteiger partial charge < -0.3 is 23.8 Å². The van der Waals surface area contributed by atoms with Crippen LogP contribution in [0.4, 0.5) is 0 Å². The highest BCUT2D eigenvalue weighted by Crippen LogP contribution is 2.32. The lowest BCUT2D eigenvalue weighted by Crippen LogP contribution is -2.34. The van der Waals surface area contributed by atoms with Crippen LogP contribution < -0.4 is 14.2 Å². The lowest BCUT2D eigenvalue weighted by atomic mass is 10.2. The first kappa shape index (κ1) is 20.8. The third-order valence-corrected chi connectivity index (χ3v) is 4.65. The summed E-state index contributed by atoms with van der Waals surface area (Å²) in [7, 11) is 0. The van der Waals surface area contributed by atoms with Gasteiger partial charge in [-0.05, 0) is 49.2 Å². The van der Waals surface area contributed by atoms with E-state index in [0.717, 1.165) is 11.1 Å². The van der Waals surface area contributed by atoms with E-state index in [4.69, 9.17) is 30.5 Å². The van der Waals surface area contributed by atoms with E-state index in [0.29, 0.717) is 35.4 Å².